The van der Waals surface area contributed by atoms with Crippen LogP contribution in [-0.2, 0) is 0 Å². The number of anilines is 1. The lowest BCUT2D eigenvalue weighted by Gasteiger charge is -2.19. The maximum Gasteiger partial charge on any atom is 0.338 e. The largest absolute Gasteiger partial charge is 0.478 e. The second-order valence-corrected chi connectivity index (χ2v) is 6.12. The van der Waals surface area contributed by atoms with Gasteiger partial charge >= 0.3 is 5.97 Å². The molecule has 2 aromatic heterocycles. The quantitative estimate of drug-likeness (QED) is 0.675. The van der Waals surface area contributed by atoms with Gasteiger partial charge in [0.1, 0.15) is 11.5 Å². The minimum atomic E-state index is -1.14. The van der Waals surface area contributed by atoms with Crippen molar-refractivity contribution in [2.45, 2.75) is 6.04 Å². The van der Waals surface area contributed by atoms with Gasteiger partial charge in [0, 0.05) is 23.6 Å². The van der Waals surface area contributed by atoms with E-state index in [0.29, 0.717) is 10.6 Å². The van der Waals surface area contributed by atoms with Crippen molar-refractivity contribution in [1.82, 2.24) is 15.0 Å². The molecular weight excluding hydrogens is 382 g/mol. The molecule has 0 amide bonds. The number of aromatic nitrogens is 3. The van der Waals surface area contributed by atoms with Gasteiger partial charge in [-0.15, -0.1) is 0 Å². The first-order valence-electron chi connectivity index (χ1n) is 7.32. The summed E-state index contributed by atoms with van der Waals surface area (Å²) < 4.78 is 14.4. The molecule has 1 atom stereocenters. The number of carboxylic acids is 1. The van der Waals surface area contributed by atoms with E-state index in [9.17, 15) is 9.18 Å². The molecule has 132 valence electrons. The Balaban J connectivity index is 1.99. The molecule has 9 heteroatoms. The first-order chi connectivity index (χ1) is 12.4. The third kappa shape index (κ3) is 4.07. The Morgan fingerprint density at radius 3 is 2.27 bits per heavy atom. The van der Waals surface area contributed by atoms with Crippen molar-refractivity contribution < 1.29 is 14.3 Å². The van der Waals surface area contributed by atoms with E-state index in [-0.39, 0.29) is 22.2 Å². The van der Waals surface area contributed by atoms with Crippen LogP contribution >= 0.6 is 23.2 Å². The number of carbonyl (C=O) groups is 1. The van der Waals surface area contributed by atoms with Gasteiger partial charge in [0.25, 0.3) is 0 Å². The van der Waals surface area contributed by atoms with Crippen molar-refractivity contribution in [2.75, 3.05) is 5.32 Å². The summed E-state index contributed by atoms with van der Waals surface area (Å²) in [6, 6.07) is 7.16. The molecule has 26 heavy (non-hydrogen) atoms. The number of halogens is 3. The molecule has 0 aliphatic rings. The molecular formula is C17H11Cl2FN4O2. The molecule has 0 aliphatic heterocycles. The van der Waals surface area contributed by atoms with E-state index in [4.69, 9.17) is 28.3 Å². The summed E-state index contributed by atoms with van der Waals surface area (Å²) >= 11 is 11.7. The third-order valence-corrected chi connectivity index (χ3v) is 3.94. The van der Waals surface area contributed by atoms with Gasteiger partial charge in [-0.1, -0.05) is 35.3 Å². The topological polar surface area (TPSA) is 88.0 Å². The third-order valence-electron chi connectivity index (χ3n) is 3.49. The summed E-state index contributed by atoms with van der Waals surface area (Å²) in [4.78, 5) is 22.9. The van der Waals surface area contributed by atoms with Crippen molar-refractivity contribution in [3.8, 4) is 0 Å². The lowest BCUT2D eigenvalue weighted by atomic mass is 10.0. The van der Waals surface area contributed by atoms with Crippen LogP contribution in [0.25, 0.3) is 0 Å². The van der Waals surface area contributed by atoms with Crippen molar-refractivity contribution in [1.29, 1.82) is 0 Å². The average Bonchev–Trinajstić information content (AvgIpc) is 2.61. The molecule has 0 aliphatic carbocycles. The summed E-state index contributed by atoms with van der Waals surface area (Å²) in [6.45, 7) is 0. The van der Waals surface area contributed by atoms with Gasteiger partial charge in [-0.3, -0.25) is 4.98 Å². The summed E-state index contributed by atoms with van der Waals surface area (Å²) in [5.41, 5.74) is 0.686. The second-order valence-electron chi connectivity index (χ2n) is 5.25. The fraction of sp³-hybridized carbons (Fsp3) is 0.0588. The van der Waals surface area contributed by atoms with E-state index >= 15 is 0 Å². The fourth-order valence-electron chi connectivity index (χ4n) is 2.24. The smallest absolute Gasteiger partial charge is 0.338 e. The van der Waals surface area contributed by atoms with Gasteiger partial charge in [0.05, 0.1) is 16.6 Å². The van der Waals surface area contributed by atoms with E-state index in [1.165, 1.54) is 6.20 Å². The number of nitrogens with one attached hydrogen (secondary N) is 1. The van der Waals surface area contributed by atoms with Crippen LogP contribution in [0.3, 0.4) is 0 Å². The number of carboxylic acid groups (broad SMARTS) is 1. The predicted octanol–water partition coefficient (Wildman–Crippen LogP) is 4.22. The molecule has 1 aromatic carbocycles. The summed E-state index contributed by atoms with van der Waals surface area (Å²) in [6.07, 6.45) is 3.64. The summed E-state index contributed by atoms with van der Waals surface area (Å²) in [5.74, 6) is -1.63. The van der Waals surface area contributed by atoms with Crippen molar-refractivity contribution in [2.24, 2.45) is 0 Å². The van der Waals surface area contributed by atoms with E-state index < -0.39 is 17.8 Å². The van der Waals surface area contributed by atoms with Gasteiger partial charge in [-0.25, -0.2) is 19.2 Å². The minimum absolute atomic E-state index is 0.0607. The first-order valence-corrected chi connectivity index (χ1v) is 8.08. The van der Waals surface area contributed by atoms with Crippen LogP contribution in [0.1, 0.15) is 27.7 Å². The van der Waals surface area contributed by atoms with E-state index in [0.717, 1.165) is 18.5 Å². The Labute approximate surface area is 157 Å². The molecule has 0 bridgehead atoms. The molecule has 0 spiro atoms. The van der Waals surface area contributed by atoms with Crippen LogP contribution in [0, 0.1) is 5.82 Å². The van der Waals surface area contributed by atoms with Crippen LogP contribution in [0.4, 0.5) is 10.3 Å². The molecule has 6 nitrogen and oxygen atoms in total. The first kappa shape index (κ1) is 18.0. The predicted molar refractivity (Wildman–Crippen MR) is 95.1 cm³/mol. The highest BCUT2D eigenvalue weighted by Crippen LogP contribution is 2.28. The van der Waals surface area contributed by atoms with Gasteiger partial charge in [0.2, 0.25) is 5.95 Å². The summed E-state index contributed by atoms with van der Waals surface area (Å²) in [5, 5.41) is 12.6. The van der Waals surface area contributed by atoms with Crippen molar-refractivity contribution in [3.63, 3.8) is 0 Å². The average molecular weight is 393 g/mol. The maximum absolute atomic E-state index is 14.4. The Bertz CT molecular complexity index is 936. The number of benzene rings is 1. The van der Waals surface area contributed by atoms with Gasteiger partial charge < -0.3 is 10.4 Å². The Morgan fingerprint density at radius 1 is 1.04 bits per heavy atom. The van der Waals surface area contributed by atoms with Gasteiger partial charge in [-0.2, -0.15) is 0 Å². The lowest BCUT2D eigenvalue weighted by molar-refractivity contribution is 0.0696. The number of rotatable bonds is 5. The van der Waals surface area contributed by atoms with Crippen molar-refractivity contribution >= 4 is 35.1 Å². The standard InChI is InChI=1S/C17H11Cl2FN4O2/c18-11-3-1-9(2-4-11)14(15-13(20)5-12(19)8-21-15)24-17-22-6-10(7-23-17)16(25)26/h1-8,14H,(H,25,26)(H,22,23,24)/t14-/m0/s1. The molecule has 3 aromatic rings. The Morgan fingerprint density at radius 2 is 1.69 bits per heavy atom. The zero-order valence-corrected chi connectivity index (χ0v) is 14.5. The molecule has 0 unspecified atom stereocenters. The number of hydrogen-bond acceptors (Lipinski definition) is 5. The minimum Gasteiger partial charge on any atom is -0.478 e. The second kappa shape index (κ2) is 7.63. The van der Waals surface area contributed by atoms with Crippen LogP contribution < -0.4 is 5.32 Å². The molecule has 0 saturated heterocycles. The molecule has 0 fully saturated rings. The lowest BCUT2D eigenvalue weighted by Crippen LogP contribution is -2.17. The number of hydrogen-bond donors (Lipinski definition) is 2. The van der Waals surface area contributed by atoms with E-state index in [1.807, 2.05) is 0 Å². The Hall–Kier alpha value is -2.77. The number of aromatic carboxylic acids is 1. The SMILES string of the molecule is O=C(O)c1cnc(N[C@@H](c2ccc(Cl)cc2)c2ncc(Cl)cc2F)nc1. The molecule has 0 saturated carbocycles. The van der Waals surface area contributed by atoms with Crippen LogP contribution in [0.2, 0.25) is 10.0 Å². The normalized spacial score (nSPS) is 11.8. The van der Waals surface area contributed by atoms with Gasteiger partial charge in [-0.05, 0) is 23.8 Å². The Kier molecular flexibility index (Phi) is 5.29. The highest BCUT2D eigenvalue weighted by Gasteiger charge is 2.21. The zero-order chi connectivity index (χ0) is 18.7. The molecule has 2 N–H and O–H groups in total. The zero-order valence-electron chi connectivity index (χ0n) is 13.0. The van der Waals surface area contributed by atoms with Crippen LogP contribution in [0.15, 0.2) is 48.9 Å². The number of pyridine rings is 1. The maximum atomic E-state index is 14.4. The highest BCUT2D eigenvalue weighted by atomic mass is 35.5. The number of nitrogens with zero attached hydrogens (tertiary/aromatic N) is 3. The van der Waals surface area contributed by atoms with Crippen LogP contribution in [-0.4, -0.2) is 26.0 Å². The van der Waals surface area contributed by atoms with E-state index in [1.54, 1.807) is 24.3 Å². The molecule has 0 radical (unpaired) electrons. The molecule has 2 heterocycles. The fourth-order valence-corrected chi connectivity index (χ4v) is 2.52. The highest BCUT2D eigenvalue weighted by molar-refractivity contribution is 6.30. The van der Waals surface area contributed by atoms with Gasteiger partial charge in [0.15, 0.2) is 0 Å². The summed E-state index contributed by atoms with van der Waals surface area (Å²) in [7, 11) is 0. The molecule has 3 rings (SSSR count). The van der Waals surface area contributed by atoms with Crippen molar-refractivity contribution in [3.05, 3.63) is 81.6 Å². The van der Waals surface area contributed by atoms with Crippen LogP contribution in [0.5, 0.6) is 0 Å². The monoisotopic (exact) mass is 392 g/mol. The van der Waals surface area contributed by atoms with E-state index in [2.05, 4.69) is 20.3 Å².